The summed E-state index contributed by atoms with van der Waals surface area (Å²) in [6.45, 7) is 10.4. The second-order valence-electron chi connectivity index (χ2n) is 6.86. The molecular formula is C26H30N2O. The standard InChI is InChI=1S/C21H16N2O.C3H8.C2H6/c1-14-6-8-16(9-7-14)23-11-10-15-12-21-18(13-19(15)23)22-17-4-2-3-5-20(17)24-21;1-3-2;1-2/h2-13,22H,1H3;3H2,1-2H3;1-2H3. The maximum absolute atomic E-state index is 6.04. The normalized spacial score (nSPS) is 10.9. The number of hydrogen-bond acceptors (Lipinski definition) is 2. The SMILES string of the molecule is CC.CCC.Cc1ccc(-n2ccc3cc4c(cc32)Nc2ccccc2O4)cc1. The van der Waals surface area contributed by atoms with E-state index in [1.807, 2.05) is 38.1 Å². The molecule has 29 heavy (non-hydrogen) atoms. The molecule has 3 aromatic carbocycles. The third-order valence-corrected chi connectivity index (χ3v) is 4.48. The van der Waals surface area contributed by atoms with Gasteiger partial charge in [-0.3, -0.25) is 0 Å². The molecule has 1 aliphatic rings. The summed E-state index contributed by atoms with van der Waals surface area (Å²) in [4.78, 5) is 0. The number of fused-ring (bicyclic) bond motifs is 3. The molecule has 1 aliphatic heterocycles. The Morgan fingerprint density at radius 3 is 2.24 bits per heavy atom. The lowest BCUT2D eigenvalue weighted by molar-refractivity contribution is 0.482. The summed E-state index contributed by atoms with van der Waals surface area (Å²) < 4.78 is 8.25. The van der Waals surface area contributed by atoms with Gasteiger partial charge in [0.2, 0.25) is 0 Å². The van der Waals surface area contributed by atoms with Crippen molar-refractivity contribution in [3.63, 3.8) is 0 Å². The van der Waals surface area contributed by atoms with Crippen molar-refractivity contribution in [2.24, 2.45) is 0 Å². The second-order valence-corrected chi connectivity index (χ2v) is 6.86. The van der Waals surface area contributed by atoms with Crippen LogP contribution in [0.2, 0.25) is 0 Å². The van der Waals surface area contributed by atoms with Crippen molar-refractivity contribution in [3.05, 3.63) is 78.5 Å². The summed E-state index contributed by atoms with van der Waals surface area (Å²) in [7, 11) is 0. The van der Waals surface area contributed by atoms with Crippen molar-refractivity contribution in [3.8, 4) is 17.2 Å². The first-order valence-electron chi connectivity index (χ1n) is 10.5. The van der Waals surface area contributed by atoms with Crippen molar-refractivity contribution >= 4 is 22.3 Å². The number of anilines is 2. The Labute approximate surface area is 174 Å². The highest BCUT2D eigenvalue weighted by molar-refractivity contribution is 5.91. The molecule has 0 fully saturated rings. The highest BCUT2D eigenvalue weighted by Gasteiger charge is 2.17. The van der Waals surface area contributed by atoms with E-state index in [2.05, 4.69) is 79.3 Å². The van der Waals surface area contributed by atoms with Gasteiger partial charge in [-0.25, -0.2) is 0 Å². The Morgan fingerprint density at radius 1 is 0.828 bits per heavy atom. The van der Waals surface area contributed by atoms with Crippen LogP contribution in [0.3, 0.4) is 0 Å². The molecule has 4 aromatic rings. The molecule has 0 unspecified atom stereocenters. The Balaban J connectivity index is 0.000000443. The Bertz CT molecular complexity index is 1080. The largest absolute Gasteiger partial charge is 0.453 e. The van der Waals surface area contributed by atoms with Gasteiger partial charge >= 0.3 is 0 Å². The van der Waals surface area contributed by atoms with Crippen molar-refractivity contribution in [2.75, 3.05) is 5.32 Å². The van der Waals surface area contributed by atoms with E-state index >= 15 is 0 Å². The van der Waals surface area contributed by atoms with Crippen LogP contribution in [0.25, 0.3) is 16.6 Å². The molecule has 3 heteroatoms. The molecule has 0 saturated carbocycles. The summed E-state index contributed by atoms with van der Waals surface area (Å²) in [6.07, 6.45) is 3.36. The Kier molecular flexibility index (Phi) is 6.61. The molecule has 0 bridgehead atoms. The molecule has 0 saturated heterocycles. The molecule has 5 rings (SSSR count). The summed E-state index contributed by atoms with van der Waals surface area (Å²) in [5.74, 6) is 1.73. The van der Waals surface area contributed by atoms with Crippen LogP contribution >= 0.6 is 0 Å². The fraction of sp³-hybridized carbons (Fsp3) is 0.231. The quantitative estimate of drug-likeness (QED) is 0.314. The number of nitrogens with zero attached hydrogens (tertiary/aromatic N) is 1. The zero-order valence-corrected chi connectivity index (χ0v) is 18.0. The number of hydrogen-bond donors (Lipinski definition) is 1. The van der Waals surface area contributed by atoms with E-state index < -0.39 is 0 Å². The predicted molar refractivity (Wildman–Crippen MR) is 125 cm³/mol. The van der Waals surface area contributed by atoms with E-state index in [0.29, 0.717) is 0 Å². The molecule has 1 aromatic heterocycles. The smallest absolute Gasteiger partial charge is 0.151 e. The van der Waals surface area contributed by atoms with Gasteiger partial charge in [-0.2, -0.15) is 0 Å². The summed E-state index contributed by atoms with van der Waals surface area (Å²) in [6, 6.07) is 22.9. The van der Waals surface area contributed by atoms with Gasteiger partial charge in [0.15, 0.2) is 11.5 Å². The van der Waals surface area contributed by atoms with E-state index in [4.69, 9.17) is 4.74 Å². The topological polar surface area (TPSA) is 26.2 Å². The zero-order chi connectivity index (χ0) is 20.8. The number of nitrogens with one attached hydrogen (secondary N) is 1. The molecule has 0 atom stereocenters. The van der Waals surface area contributed by atoms with E-state index in [1.54, 1.807) is 0 Å². The monoisotopic (exact) mass is 386 g/mol. The minimum atomic E-state index is 0.863. The van der Waals surface area contributed by atoms with Gasteiger partial charge in [-0.05, 0) is 49.4 Å². The van der Waals surface area contributed by atoms with Crippen molar-refractivity contribution < 1.29 is 4.74 Å². The van der Waals surface area contributed by atoms with Crippen LogP contribution in [0, 0.1) is 6.92 Å². The maximum atomic E-state index is 6.04. The van der Waals surface area contributed by atoms with Crippen molar-refractivity contribution in [1.29, 1.82) is 0 Å². The van der Waals surface area contributed by atoms with E-state index in [-0.39, 0.29) is 0 Å². The number of benzene rings is 3. The molecule has 0 aliphatic carbocycles. The lowest BCUT2D eigenvalue weighted by atomic mass is 10.1. The molecule has 0 radical (unpaired) electrons. The molecule has 0 amide bonds. The second kappa shape index (κ2) is 9.33. The number of ether oxygens (including phenoxy) is 1. The van der Waals surface area contributed by atoms with Gasteiger partial charge in [0.25, 0.3) is 0 Å². The Morgan fingerprint density at radius 2 is 1.52 bits per heavy atom. The van der Waals surface area contributed by atoms with Gasteiger partial charge < -0.3 is 14.6 Å². The predicted octanol–water partition coefficient (Wildman–Crippen LogP) is 8.23. The van der Waals surface area contributed by atoms with Gasteiger partial charge in [-0.15, -0.1) is 0 Å². The number of para-hydroxylation sites is 2. The summed E-state index contributed by atoms with van der Waals surface area (Å²) >= 11 is 0. The molecule has 3 nitrogen and oxygen atoms in total. The highest BCUT2D eigenvalue weighted by atomic mass is 16.5. The maximum Gasteiger partial charge on any atom is 0.151 e. The third kappa shape index (κ3) is 4.29. The first-order chi connectivity index (χ1) is 14.2. The summed E-state index contributed by atoms with van der Waals surface area (Å²) in [5, 5.41) is 4.63. The van der Waals surface area contributed by atoms with Gasteiger partial charge in [0, 0.05) is 17.3 Å². The number of aromatic nitrogens is 1. The zero-order valence-electron chi connectivity index (χ0n) is 18.0. The van der Waals surface area contributed by atoms with Crippen LogP contribution in [-0.2, 0) is 0 Å². The molecular weight excluding hydrogens is 356 g/mol. The van der Waals surface area contributed by atoms with Gasteiger partial charge in [0.1, 0.15) is 0 Å². The minimum Gasteiger partial charge on any atom is -0.453 e. The first kappa shape index (κ1) is 20.5. The average molecular weight is 387 g/mol. The lowest BCUT2D eigenvalue weighted by Crippen LogP contribution is -2.03. The van der Waals surface area contributed by atoms with Crippen molar-refractivity contribution in [2.45, 2.75) is 41.0 Å². The van der Waals surface area contributed by atoms with E-state index in [0.717, 1.165) is 39.5 Å². The van der Waals surface area contributed by atoms with Crippen LogP contribution in [0.5, 0.6) is 11.5 Å². The minimum absolute atomic E-state index is 0.863. The first-order valence-corrected chi connectivity index (χ1v) is 10.5. The average Bonchev–Trinajstić information content (AvgIpc) is 3.16. The fourth-order valence-corrected chi connectivity index (χ4v) is 3.20. The number of aryl methyl sites for hydroxylation is 1. The van der Waals surface area contributed by atoms with Crippen LogP contribution in [0.15, 0.2) is 72.9 Å². The lowest BCUT2D eigenvalue weighted by Gasteiger charge is -2.22. The van der Waals surface area contributed by atoms with Crippen molar-refractivity contribution in [1.82, 2.24) is 4.57 Å². The van der Waals surface area contributed by atoms with Crippen LogP contribution in [0.4, 0.5) is 11.4 Å². The third-order valence-electron chi connectivity index (χ3n) is 4.48. The van der Waals surface area contributed by atoms with Crippen LogP contribution in [-0.4, -0.2) is 4.57 Å². The highest BCUT2D eigenvalue weighted by Crippen LogP contribution is 2.43. The molecule has 150 valence electrons. The number of rotatable bonds is 1. The van der Waals surface area contributed by atoms with Crippen LogP contribution in [0.1, 0.15) is 39.7 Å². The molecule has 2 heterocycles. The van der Waals surface area contributed by atoms with E-state index in [1.165, 1.54) is 12.0 Å². The molecule has 1 N–H and O–H groups in total. The fourth-order valence-electron chi connectivity index (χ4n) is 3.20. The Hall–Kier alpha value is -3.20. The van der Waals surface area contributed by atoms with Gasteiger partial charge in [0.05, 0.1) is 16.9 Å². The summed E-state index contributed by atoms with van der Waals surface area (Å²) in [5.41, 5.74) is 5.58. The van der Waals surface area contributed by atoms with E-state index in [9.17, 15) is 0 Å². The van der Waals surface area contributed by atoms with Crippen LogP contribution < -0.4 is 10.1 Å². The molecule has 0 spiro atoms. The van der Waals surface area contributed by atoms with Gasteiger partial charge in [-0.1, -0.05) is 63.9 Å².